The number of rotatable bonds is 6. The molecule has 2 bridgehead atoms. The van der Waals surface area contributed by atoms with Gasteiger partial charge in [0.2, 0.25) is 0 Å². The molecule has 3 aliphatic rings. The lowest BCUT2D eigenvalue weighted by Gasteiger charge is -2.71. The summed E-state index contributed by atoms with van der Waals surface area (Å²) in [5.41, 5.74) is -1.13. The number of unbranched alkanes of at least 4 members (excludes halogenated alkanes) is 4. The van der Waals surface area contributed by atoms with E-state index in [0.29, 0.717) is 19.3 Å². The molecular formula is C13H21F3. The van der Waals surface area contributed by atoms with Gasteiger partial charge in [0.1, 0.15) is 0 Å². The molecule has 0 nitrogen and oxygen atoms in total. The minimum Gasteiger partial charge on any atom is -0.171 e. The quantitative estimate of drug-likeness (QED) is 0.562. The zero-order valence-electron chi connectivity index (χ0n) is 10.00. The van der Waals surface area contributed by atoms with E-state index in [2.05, 4.69) is 6.92 Å². The number of hydrogen-bond donors (Lipinski definition) is 0. The van der Waals surface area contributed by atoms with E-state index in [1.165, 1.54) is 25.7 Å². The number of hydrogen-bond acceptors (Lipinski definition) is 0. The SMILES string of the molecule is CCCCCCCC12CC(C(F)(F)F)(C1)C2. The minimum atomic E-state index is -3.93. The molecule has 3 saturated carbocycles. The van der Waals surface area contributed by atoms with Crippen molar-refractivity contribution in [2.24, 2.45) is 10.8 Å². The Morgan fingerprint density at radius 1 is 0.938 bits per heavy atom. The predicted octanol–water partition coefficient (Wildman–Crippen LogP) is 5.08. The average molecular weight is 234 g/mol. The second-order valence-electron chi connectivity index (χ2n) is 5.97. The van der Waals surface area contributed by atoms with E-state index < -0.39 is 11.6 Å². The van der Waals surface area contributed by atoms with Crippen molar-refractivity contribution < 1.29 is 13.2 Å². The Bertz CT molecular complexity index is 235. The molecule has 3 rings (SSSR count). The lowest BCUT2D eigenvalue weighted by Crippen LogP contribution is -2.67. The largest absolute Gasteiger partial charge is 0.394 e. The van der Waals surface area contributed by atoms with E-state index in [1.807, 2.05) is 0 Å². The average Bonchev–Trinajstić information content (AvgIpc) is 2.03. The van der Waals surface area contributed by atoms with Gasteiger partial charge in [-0.3, -0.25) is 0 Å². The molecular weight excluding hydrogens is 213 g/mol. The topological polar surface area (TPSA) is 0 Å². The Balaban J connectivity index is 1.62. The first-order valence-electron chi connectivity index (χ1n) is 6.50. The van der Waals surface area contributed by atoms with Gasteiger partial charge in [-0.2, -0.15) is 13.2 Å². The van der Waals surface area contributed by atoms with Gasteiger partial charge in [-0.15, -0.1) is 0 Å². The fraction of sp³-hybridized carbons (Fsp3) is 1.00. The molecule has 0 aromatic heterocycles. The first-order chi connectivity index (χ1) is 7.43. The summed E-state index contributed by atoms with van der Waals surface area (Å²) in [6, 6.07) is 0. The van der Waals surface area contributed by atoms with Crippen LogP contribution in [0.3, 0.4) is 0 Å². The zero-order valence-corrected chi connectivity index (χ0v) is 10.00. The predicted molar refractivity (Wildman–Crippen MR) is 58.1 cm³/mol. The van der Waals surface area contributed by atoms with E-state index in [-0.39, 0.29) is 5.41 Å². The highest BCUT2D eigenvalue weighted by Gasteiger charge is 2.77. The highest BCUT2D eigenvalue weighted by molar-refractivity contribution is 5.19. The molecule has 0 atom stereocenters. The van der Waals surface area contributed by atoms with Gasteiger partial charge in [0.05, 0.1) is 5.41 Å². The smallest absolute Gasteiger partial charge is 0.171 e. The lowest BCUT2D eigenvalue weighted by molar-refractivity contribution is -0.364. The van der Waals surface area contributed by atoms with Crippen molar-refractivity contribution in [2.75, 3.05) is 0 Å². The van der Waals surface area contributed by atoms with E-state index in [4.69, 9.17) is 0 Å². The Kier molecular flexibility index (Phi) is 3.00. The van der Waals surface area contributed by atoms with Gasteiger partial charge >= 0.3 is 6.18 Å². The molecule has 0 spiro atoms. The van der Waals surface area contributed by atoms with Gasteiger partial charge in [-0.1, -0.05) is 39.0 Å². The van der Waals surface area contributed by atoms with Crippen molar-refractivity contribution in [1.29, 1.82) is 0 Å². The van der Waals surface area contributed by atoms with Crippen LogP contribution in [0.25, 0.3) is 0 Å². The van der Waals surface area contributed by atoms with Crippen LogP contribution in [0.15, 0.2) is 0 Å². The third-order valence-corrected chi connectivity index (χ3v) is 4.55. The van der Waals surface area contributed by atoms with Crippen LogP contribution >= 0.6 is 0 Å². The van der Waals surface area contributed by atoms with Crippen LogP contribution in [-0.4, -0.2) is 6.18 Å². The fourth-order valence-corrected chi connectivity index (χ4v) is 3.67. The molecule has 0 amide bonds. The molecule has 94 valence electrons. The molecule has 0 N–H and O–H groups in total. The Morgan fingerprint density at radius 3 is 2.00 bits per heavy atom. The lowest BCUT2D eigenvalue weighted by atomic mass is 9.34. The van der Waals surface area contributed by atoms with Crippen LogP contribution in [0.4, 0.5) is 13.2 Å². The Morgan fingerprint density at radius 2 is 1.50 bits per heavy atom. The summed E-state index contributed by atoms with van der Waals surface area (Å²) in [5, 5.41) is 0. The number of alkyl halides is 3. The molecule has 0 aliphatic heterocycles. The maximum absolute atomic E-state index is 12.6. The summed E-state index contributed by atoms with van der Waals surface area (Å²) in [7, 11) is 0. The van der Waals surface area contributed by atoms with Gasteiger partial charge in [0.15, 0.2) is 0 Å². The number of halogens is 3. The molecule has 0 radical (unpaired) electrons. The highest BCUT2D eigenvalue weighted by Crippen LogP contribution is 2.79. The minimum absolute atomic E-state index is 0.113. The molecule has 3 heteroatoms. The normalized spacial score (nSPS) is 36.8. The summed E-state index contributed by atoms with van der Waals surface area (Å²) in [6.45, 7) is 2.17. The molecule has 3 aliphatic carbocycles. The van der Waals surface area contributed by atoms with Gasteiger partial charge in [-0.25, -0.2) is 0 Å². The summed E-state index contributed by atoms with van der Waals surface area (Å²) in [5.74, 6) is 0. The van der Waals surface area contributed by atoms with E-state index in [1.54, 1.807) is 0 Å². The third kappa shape index (κ3) is 1.86. The molecule has 0 aromatic rings. The van der Waals surface area contributed by atoms with Gasteiger partial charge in [-0.05, 0) is 31.1 Å². The van der Waals surface area contributed by atoms with Crippen LogP contribution in [-0.2, 0) is 0 Å². The second-order valence-corrected chi connectivity index (χ2v) is 5.97. The Labute approximate surface area is 95.6 Å². The maximum atomic E-state index is 12.6. The molecule has 3 fully saturated rings. The van der Waals surface area contributed by atoms with Crippen molar-refractivity contribution >= 4 is 0 Å². The maximum Gasteiger partial charge on any atom is 0.394 e. The van der Waals surface area contributed by atoms with Crippen LogP contribution < -0.4 is 0 Å². The zero-order chi connectivity index (χ0) is 11.9. The summed E-state index contributed by atoms with van der Waals surface area (Å²) in [6.07, 6.45) is 4.46. The van der Waals surface area contributed by atoms with Crippen LogP contribution in [0.5, 0.6) is 0 Å². The van der Waals surface area contributed by atoms with E-state index in [0.717, 1.165) is 12.8 Å². The molecule has 0 unspecified atom stereocenters. The standard InChI is InChI=1S/C13H21F3/c1-2-3-4-5-6-7-11-8-12(9-11,10-11)13(14,15)16/h2-10H2,1H3. The molecule has 0 saturated heterocycles. The van der Waals surface area contributed by atoms with E-state index >= 15 is 0 Å². The van der Waals surface area contributed by atoms with Gasteiger partial charge in [0, 0.05) is 0 Å². The van der Waals surface area contributed by atoms with Crippen molar-refractivity contribution in [1.82, 2.24) is 0 Å². The van der Waals surface area contributed by atoms with Gasteiger partial charge in [0.25, 0.3) is 0 Å². The first kappa shape index (κ1) is 12.3. The summed E-state index contributed by atoms with van der Waals surface area (Å²) < 4.78 is 37.7. The van der Waals surface area contributed by atoms with Crippen molar-refractivity contribution in [3.05, 3.63) is 0 Å². The van der Waals surface area contributed by atoms with Crippen LogP contribution in [0, 0.1) is 10.8 Å². The molecule has 0 heterocycles. The first-order valence-corrected chi connectivity index (χ1v) is 6.50. The summed E-state index contributed by atoms with van der Waals surface area (Å²) >= 11 is 0. The highest BCUT2D eigenvalue weighted by atomic mass is 19.4. The molecule has 0 aromatic carbocycles. The Hall–Kier alpha value is -0.210. The van der Waals surface area contributed by atoms with Gasteiger partial charge < -0.3 is 0 Å². The van der Waals surface area contributed by atoms with Crippen LogP contribution in [0.1, 0.15) is 64.7 Å². The fourth-order valence-electron chi connectivity index (χ4n) is 3.67. The van der Waals surface area contributed by atoms with Crippen LogP contribution in [0.2, 0.25) is 0 Å². The molecule has 16 heavy (non-hydrogen) atoms. The van der Waals surface area contributed by atoms with Crippen molar-refractivity contribution in [2.45, 2.75) is 70.9 Å². The van der Waals surface area contributed by atoms with Crippen molar-refractivity contribution in [3.8, 4) is 0 Å². The monoisotopic (exact) mass is 234 g/mol. The second kappa shape index (κ2) is 3.92. The summed E-state index contributed by atoms with van der Waals surface area (Å²) in [4.78, 5) is 0. The third-order valence-electron chi connectivity index (χ3n) is 4.55. The van der Waals surface area contributed by atoms with Crippen molar-refractivity contribution in [3.63, 3.8) is 0 Å². The van der Waals surface area contributed by atoms with E-state index in [9.17, 15) is 13.2 Å².